The van der Waals surface area contributed by atoms with E-state index in [1.807, 2.05) is 18.2 Å². The maximum Gasteiger partial charge on any atom is 0.164 e. The fourth-order valence-corrected chi connectivity index (χ4v) is 8.27. The summed E-state index contributed by atoms with van der Waals surface area (Å²) in [6.45, 7) is 0. The first-order chi connectivity index (χ1) is 27.8. The third-order valence-electron chi connectivity index (χ3n) is 10.8. The summed E-state index contributed by atoms with van der Waals surface area (Å²) in [7, 11) is 0. The van der Waals surface area contributed by atoms with Crippen molar-refractivity contribution in [2.24, 2.45) is 0 Å². The lowest BCUT2D eigenvalue weighted by atomic mass is 9.65. The van der Waals surface area contributed by atoms with Gasteiger partial charge in [-0.3, -0.25) is 0 Å². The Morgan fingerprint density at radius 1 is 0.304 bits per heavy atom. The van der Waals surface area contributed by atoms with E-state index in [1.165, 1.54) is 22.1 Å². The van der Waals surface area contributed by atoms with Crippen molar-refractivity contribution in [1.82, 2.24) is 19.5 Å². The molecule has 0 aliphatic heterocycles. The summed E-state index contributed by atoms with van der Waals surface area (Å²) in [5, 5.41) is 2.32. The molecule has 0 N–H and O–H groups in total. The molecule has 0 amide bonds. The van der Waals surface area contributed by atoms with E-state index in [-0.39, 0.29) is 0 Å². The van der Waals surface area contributed by atoms with Gasteiger partial charge in [0.25, 0.3) is 0 Å². The van der Waals surface area contributed by atoms with Gasteiger partial charge in [-0.25, -0.2) is 15.0 Å². The number of fused-ring (bicyclic) bond motifs is 3. The maximum absolute atomic E-state index is 5.26. The van der Waals surface area contributed by atoms with Gasteiger partial charge in [0.15, 0.2) is 17.5 Å². The standard InChI is InChI=1S/C52H36N4/c1-6-19-37(20-7-1)49-53-50(55-51(54-49)39-33-34-48-46(36-39)45-31-16-17-32-47(45)56(48)44-29-14-5-15-30-44)38-21-18-28-43(35-38)52(40-22-8-2-9-23-40,41-24-10-3-11-25-41)42-26-12-4-13-27-42/h1-36H. The van der Waals surface area contributed by atoms with E-state index in [4.69, 9.17) is 15.0 Å². The topological polar surface area (TPSA) is 43.6 Å². The van der Waals surface area contributed by atoms with E-state index in [2.05, 4.69) is 205 Å². The second-order valence-electron chi connectivity index (χ2n) is 14.0. The van der Waals surface area contributed by atoms with E-state index < -0.39 is 5.41 Å². The normalized spacial score (nSPS) is 11.6. The summed E-state index contributed by atoms with van der Waals surface area (Å²) in [4.78, 5) is 15.6. The van der Waals surface area contributed by atoms with Crippen molar-refractivity contribution in [2.75, 3.05) is 0 Å². The lowest BCUT2D eigenvalue weighted by Gasteiger charge is -2.37. The van der Waals surface area contributed by atoms with E-state index >= 15 is 0 Å². The Hall–Kier alpha value is -7.43. The van der Waals surface area contributed by atoms with Gasteiger partial charge in [0.05, 0.1) is 16.4 Å². The van der Waals surface area contributed by atoms with Crippen LogP contribution in [0, 0.1) is 0 Å². The van der Waals surface area contributed by atoms with Crippen molar-refractivity contribution in [2.45, 2.75) is 5.41 Å². The largest absolute Gasteiger partial charge is 0.309 e. The Labute approximate surface area is 326 Å². The molecule has 10 aromatic rings. The molecule has 0 aliphatic rings. The first-order valence-electron chi connectivity index (χ1n) is 19.0. The summed E-state index contributed by atoms with van der Waals surface area (Å²) in [5.41, 5.74) is 10.2. The molecule has 4 nitrogen and oxygen atoms in total. The van der Waals surface area contributed by atoms with Crippen molar-refractivity contribution in [3.05, 3.63) is 241 Å². The molecule has 0 aliphatic carbocycles. The lowest BCUT2D eigenvalue weighted by Crippen LogP contribution is -2.31. The minimum absolute atomic E-state index is 0.601. The molecule has 0 saturated carbocycles. The SMILES string of the molecule is c1ccc(-c2nc(-c3cccc(C(c4ccccc4)(c4ccccc4)c4ccccc4)c3)nc(-c3ccc4c(c3)c3ccccc3n4-c3ccccc3)n2)cc1. The van der Waals surface area contributed by atoms with Crippen LogP contribution < -0.4 is 0 Å². The monoisotopic (exact) mass is 716 g/mol. The van der Waals surface area contributed by atoms with Crippen LogP contribution in [-0.4, -0.2) is 19.5 Å². The average Bonchev–Trinajstić information content (AvgIpc) is 3.62. The average molecular weight is 717 g/mol. The molecule has 0 fully saturated rings. The molecule has 2 aromatic heterocycles. The molecule has 0 atom stereocenters. The highest BCUT2D eigenvalue weighted by Gasteiger charge is 2.38. The van der Waals surface area contributed by atoms with E-state index in [1.54, 1.807) is 0 Å². The molecular weight excluding hydrogens is 681 g/mol. The minimum atomic E-state index is -0.601. The molecule has 0 bridgehead atoms. The molecular formula is C52H36N4. The molecule has 0 spiro atoms. The second kappa shape index (κ2) is 14.1. The first kappa shape index (κ1) is 33.2. The summed E-state index contributed by atoms with van der Waals surface area (Å²) in [6.07, 6.45) is 0. The van der Waals surface area contributed by atoms with Crippen LogP contribution in [0.4, 0.5) is 0 Å². The van der Waals surface area contributed by atoms with Crippen LogP contribution >= 0.6 is 0 Å². The van der Waals surface area contributed by atoms with Gasteiger partial charge in [-0.05, 0) is 64.7 Å². The Kier molecular flexibility index (Phi) is 8.34. The number of benzene rings is 8. The van der Waals surface area contributed by atoms with Crippen LogP contribution in [0.15, 0.2) is 218 Å². The van der Waals surface area contributed by atoms with Crippen molar-refractivity contribution < 1.29 is 0 Å². The quantitative estimate of drug-likeness (QED) is 0.147. The predicted octanol–water partition coefficient (Wildman–Crippen LogP) is 12.4. The fourth-order valence-electron chi connectivity index (χ4n) is 8.27. The van der Waals surface area contributed by atoms with Gasteiger partial charge < -0.3 is 4.57 Å². The Balaban J connectivity index is 1.19. The Morgan fingerprint density at radius 2 is 0.732 bits per heavy atom. The molecule has 0 saturated heterocycles. The summed E-state index contributed by atoms with van der Waals surface area (Å²) >= 11 is 0. The zero-order valence-electron chi connectivity index (χ0n) is 30.6. The molecule has 8 aromatic carbocycles. The van der Waals surface area contributed by atoms with Gasteiger partial charge in [0.2, 0.25) is 0 Å². The van der Waals surface area contributed by atoms with Gasteiger partial charge >= 0.3 is 0 Å². The number of hydrogen-bond donors (Lipinski definition) is 0. The number of para-hydroxylation sites is 2. The molecule has 0 radical (unpaired) electrons. The van der Waals surface area contributed by atoms with Crippen molar-refractivity contribution in [3.63, 3.8) is 0 Å². The minimum Gasteiger partial charge on any atom is -0.309 e. The van der Waals surface area contributed by atoms with Gasteiger partial charge in [0.1, 0.15) is 0 Å². The lowest BCUT2D eigenvalue weighted by molar-refractivity contribution is 0.745. The van der Waals surface area contributed by atoms with Gasteiger partial charge in [-0.15, -0.1) is 0 Å². The zero-order chi connectivity index (χ0) is 37.3. The summed E-state index contributed by atoms with van der Waals surface area (Å²) in [6, 6.07) is 76.9. The predicted molar refractivity (Wildman–Crippen MR) is 229 cm³/mol. The van der Waals surface area contributed by atoms with Gasteiger partial charge in [-0.2, -0.15) is 0 Å². The number of hydrogen-bond acceptors (Lipinski definition) is 3. The molecule has 0 unspecified atom stereocenters. The smallest absolute Gasteiger partial charge is 0.164 e. The van der Waals surface area contributed by atoms with Crippen LogP contribution in [0.1, 0.15) is 22.3 Å². The van der Waals surface area contributed by atoms with Crippen molar-refractivity contribution in [3.8, 4) is 39.9 Å². The van der Waals surface area contributed by atoms with Crippen LogP contribution in [0.3, 0.4) is 0 Å². The summed E-state index contributed by atoms with van der Waals surface area (Å²) < 4.78 is 2.33. The second-order valence-corrected chi connectivity index (χ2v) is 14.0. The third-order valence-corrected chi connectivity index (χ3v) is 10.8. The van der Waals surface area contributed by atoms with Crippen LogP contribution in [0.2, 0.25) is 0 Å². The molecule has 264 valence electrons. The molecule has 56 heavy (non-hydrogen) atoms. The van der Waals surface area contributed by atoms with Crippen molar-refractivity contribution in [1.29, 1.82) is 0 Å². The van der Waals surface area contributed by atoms with Gasteiger partial charge in [0, 0.05) is 33.2 Å². The van der Waals surface area contributed by atoms with Gasteiger partial charge in [-0.1, -0.05) is 176 Å². The van der Waals surface area contributed by atoms with E-state index in [9.17, 15) is 0 Å². The summed E-state index contributed by atoms with van der Waals surface area (Å²) in [5.74, 6) is 1.87. The van der Waals surface area contributed by atoms with Crippen LogP contribution in [0.5, 0.6) is 0 Å². The Morgan fingerprint density at radius 3 is 1.32 bits per heavy atom. The third kappa shape index (κ3) is 5.67. The molecule has 2 heterocycles. The van der Waals surface area contributed by atoms with Crippen molar-refractivity contribution >= 4 is 21.8 Å². The highest BCUT2D eigenvalue weighted by molar-refractivity contribution is 6.10. The number of nitrogens with zero attached hydrogens (tertiary/aromatic N) is 4. The fraction of sp³-hybridized carbons (Fsp3) is 0.0192. The maximum atomic E-state index is 5.26. The zero-order valence-corrected chi connectivity index (χ0v) is 30.6. The number of aromatic nitrogens is 4. The molecule has 10 rings (SSSR count). The van der Waals surface area contributed by atoms with Crippen LogP contribution in [-0.2, 0) is 5.41 Å². The van der Waals surface area contributed by atoms with E-state index in [0.717, 1.165) is 44.4 Å². The highest BCUT2D eigenvalue weighted by Crippen LogP contribution is 2.46. The Bertz CT molecular complexity index is 2850. The van der Waals surface area contributed by atoms with E-state index in [0.29, 0.717) is 17.5 Å². The first-order valence-corrected chi connectivity index (χ1v) is 19.0. The number of rotatable bonds is 8. The van der Waals surface area contributed by atoms with Crippen LogP contribution in [0.25, 0.3) is 61.7 Å². The molecule has 4 heteroatoms. The highest BCUT2D eigenvalue weighted by atomic mass is 15.0.